The number of aromatic nitrogens is 1. The van der Waals surface area contributed by atoms with Gasteiger partial charge in [-0.15, -0.1) is 11.3 Å². The van der Waals surface area contributed by atoms with E-state index in [1.54, 1.807) is 17.4 Å². The molecule has 1 aromatic heterocycles. The van der Waals surface area contributed by atoms with E-state index in [2.05, 4.69) is 10.3 Å². The molecule has 0 unspecified atom stereocenters. The van der Waals surface area contributed by atoms with Crippen molar-refractivity contribution < 1.29 is 4.79 Å². The minimum atomic E-state index is -0.145. The molecule has 0 aliphatic carbocycles. The van der Waals surface area contributed by atoms with Crippen molar-refractivity contribution in [3.8, 4) is 0 Å². The van der Waals surface area contributed by atoms with Crippen LogP contribution in [0.4, 0.5) is 5.69 Å². The van der Waals surface area contributed by atoms with Gasteiger partial charge in [0.15, 0.2) is 0 Å². The summed E-state index contributed by atoms with van der Waals surface area (Å²) in [6, 6.07) is 7.37. The van der Waals surface area contributed by atoms with Crippen LogP contribution < -0.4 is 11.1 Å². The molecule has 0 saturated carbocycles. The van der Waals surface area contributed by atoms with E-state index in [0.29, 0.717) is 12.2 Å². The number of nitrogens with one attached hydrogen (secondary N) is 1. The Bertz CT molecular complexity index is 604. The molecule has 2 rings (SSSR count). The molecule has 0 saturated heterocycles. The van der Waals surface area contributed by atoms with Crippen LogP contribution in [0, 0.1) is 6.92 Å². The zero-order chi connectivity index (χ0) is 13.7. The summed E-state index contributed by atoms with van der Waals surface area (Å²) < 4.78 is 0. The first-order valence-corrected chi connectivity index (χ1v) is 6.74. The first-order valence-electron chi connectivity index (χ1n) is 5.86. The van der Waals surface area contributed by atoms with Crippen LogP contribution in [0.15, 0.2) is 35.7 Å². The molecule has 5 heteroatoms. The molecule has 19 heavy (non-hydrogen) atoms. The highest BCUT2D eigenvalue weighted by Gasteiger charge is 2.00. The Morgan fingerprint density at radius 2 is 2.37 bits per heavy atom. The molecule has 0 aliphatic heterocycles. The number of nitrogens with zero attached hydrogens (tertiary/aromatic N) is 1. The molecule has 4 nitrogen and oxygen atoms in total. The van der Waals surface area contributed by atoms with Crippen molar-refractivity contribution in [3.63, 3.8) is 0 Å². The second-order valence-corrected chi connectivity index (χ2v) is 5.14. The van der Waals surface area contributed by atoms with Crippen LogP contribution in [-0.4, -0.2) is 10.9 Å². The molecule has 1 heterocycles. The number of aryl methyl sites for hydroxylation is 1. The Labute approximate surface area is 116 Å². The number of nitrogen functional groups attached to an aromatic ring is 1. The molecule has 0 radical (unpaired) electrons. The summed E-state index contributed by atoms with van der Waals surface area (Å²) in [5.74, 6) is -0.145. The van der Waals surface area contributed by atoms with Crippen LogP contribution in [0.2, 0.25) is 0 Å². The minimum Gasteiger partial charge on any atom is -0.399 e. The summed E-state index contributed by atoms with van der Waals surface area (Å²) in [6.45, 7) is 2.39. The number of anilines is 1. The average molecular weight is 273 g/mol. The zero-order valence-electron chi connectivity index (χ0n) is 10.6. The maximum Gasteiger partial charge on any atom is 0.244 e. The maximum absolute atomic E-state index is 11.6. The van der Waals surface area contributed by atoms with E-state index in [9.17, 15) is 4.79 Å². The number of benzene rings is 1. The standard InChI is InChI=1S/C14H15N3OS/c1-10-17-13(9-19-10)8-16-14(18)6-5-11-3-2-4-12(15)7-11/h2-7,9H,8,15H2,1H3,(H,16,18)/b6-5+. The van der Waals surface area contributed by atoms with Crippen LogP contribution in [0.25, 0.3) is 6.08 Å². The molecule has 0 fully saturated rings. The van der Waals surface area contributed by atoms with E-state index in [-0.39, 0.29) is 5.91 Å². The van der Waals surface area contributed by atoms with E-state index < -0.39 is 0 Å². The van der Waals surface area contributed by atoms with Crippen LogP contribution in [0.1, 0.15) is 16.3 Å². The van der Waals surface area contributed by atoms with E-state index in [1.165, 1.54) is 6.08 Å². The van der Waals surface area contributed by atoms with Crippen molar-refractivity contribution in [2.75, 3.05) is 5.73 Å². The predicted octanol–water partition coefficient (Wildman–Crippen LogP) is 2.36. The van der Waals surface area contributed by atoms with Crippen LogP contribution in [-0.2, 0) is 11.3 Å². The molecular weight excluding hydrogens is 258 g/mol. The summed E-state index contributed by atoms with van der Waals surface area (Å²) in [5, 5.41) is 5.73. The van der Waals surface area contributed by atoms with Gasteiger partial charge < -0.3 is 11.1 Å². The second-order valence-electron chi connectivity index (χ2n) is 4.08. The Hall–Kier alpha value is -2.14. The van der Waals surface area contributed by atoms with Gasteiger partial charge in [0.1, 0.15) is 0 Å². The van der Waals surface area contributed by atoms with E-state index in [0.717, 1.165) is 16.3 Å². The van der Waals surface area contributed by atoms with E-state index in [4.69, 9.17) is 5.73 Å². The summed E-state index contributed by atoms with van der Waals surface area (Å²) in [6.07, 6.45) is 3.23. The summed E-state index contributed by atoms with van der Waals surface area (Å²) in [5.41, 5.74) is 8.13. The molecule has 2 aromatic rings. The second kappa shape index (κ2) is 6.15. The normalized spacial score (nSPS) is 10.8. The Kier molecular flexibility index (Phi) is 4.30. The number of hydrogen-bond acceptors (Lipinski definition) is 4. The van der Waals surface area contributed by atoms with E-state index >= 15 is 0 Å². The fourth-order valence-electron chi connectivity index (χ4n) is 1.56. The topological polar surface area (TPSA) is 68.0 Å². The number of carbonyl (C=O) groups is 1. The first kappa shape index (κ1) is 13.3. The summed E-state index contributed by atoms with van der Waals surface area (Å²) in [4.78, 5) is 15.9. The van der Waals surface area contributed by atoms with Crippen LogP contribution in [0.3, 0.4) is 0 Å². The molecule has 98 valence electrons. The van der Waals surface area contributed by atoms with Crippen molar-refractivity contribution in [3.05, 3.63) is 52.0 Å². The van der Waals surface area contributed by atoms with Crippen LogP contribution in [0.5, 0.6) is 0 Å². The van der Waals surface area contributed by atoms with Gasteiger partial charge in [-0.25, -0.2) is 4.98 Å². The number of amides is 1. The van der Waals surface area contributed by atoms with Crippen molar-refractivity contribution in [2.45, 2.75) is 13.5 Å². The average Bonchev–Trinajstić information content (AvgIpc) is 2.80. The van der Waals surface area contributed by atoms with Gasteiger partial charge in [-0.3, -0.25) is 4.79 Å². The van der Waals surface area contributed by atoms with E-state index in [1.807, 2.05) is 36.6 Å². The third-order valence-corrected chi connectivity index (χ3v) is 3.27. The monoisotopic (exact) mass is 273 g/mol. The lowest BCUT2D eigenvalue weighted by atomic mass is 10.2. The smallest absolute Gasteiger partial charge is 0.244 e. The third kappa shape index (κ3) is 4.22. The highest BCUT2D eigenvalue weighted by atomic mass is 32.1. The van der Waals surface area contributed by atoms with Crippen molar-refractivity contribution in [1.82, 2.24) is 10.3 Å². The SMILES string of the molecule is Cc1nc(CNC(=O)/C=C/c2cccc(N)c2)cs1. The number of hydrogen-bond donors (Lipinski definition) is 2. The van der Waals surface area contributed by atoms with Crippen LogP contribution >= 0.6 is 11.3 Å². The van der Waals surface area contributed by atoms with Gasteiger partial charge in [-0.2, -0.15) is 0 Å². The van der Waals surface area contributed by atoms with Gasteiger partial charge in [0.05, 0.1) is 17.2 Å². The largest absolute Gasteiger partial charge is 0.399 e. The molecule has 0 atom stereocenters. The fraction of sp³-hybridized carbons (Fsp3) is 0.143. The van der Waals surface area contributed by atoms with Crippen molar-refractivity contribution >= 4 is 29.0 Å². The number of thiazole rings is 1. The van der Waals surface area contributed by atoms with Gasteiger partial charge in [-0.1, -0.05) is 12.1 Å². The van der Waals surface area contributed by atoms with Gasteiger partial charge in [0.2, 0.25) is 5.91 Å². The quantitative estimate of drug-likeness (QED) is 0.664. The van der Waals surface area contributed by atoms with Gasteiger partial charge in [0.25, 0.3) is 0 Å². The van der Waals surface area contributed by atoms with Crippen molar-refractivity contribution in [2.24, 2.45) is 0 Å². The van der Waals surface area contributed by atoms with Crippen molar-refractivity contribution in [1.29, 1.82) is 0 Å². The Balaban J connectivity index is 1.87. The minimum absolute atomic E-state index is 0.145. The first-order chi connectivity index (χ1) is 9.13. The lowest BCUT2D eigenvalue weighted by Gasteiger charge is -1.99. The maximum atomic E-state index is 11.6. The highest BCUT2D eigenvalue weighted by Crippen LogP contribution is 2.08. The fourth-order valence-corrected chi connectivity index (χ4v) is 2.17. The van der Waals surface area contributed by atoms with Gasteiger partial charge in [0, 0.05) is 17.1 Å². The predicted molar refractivity (Wildman–Crippen MR) is 78.6 cm³/mol. The lowest BCUT2D eigenvalue weighted by molar-refractivity contribution is -0.116. The highest BCUT2D eigenvalue weighted by molar-refractivity contribution is 7.09. The number of rotatable bonds is 4. The lowest BCUT2D eigenvalue weighted by Crippen LogP contribution is -2.20. The zero-order valence-corrected chi connectivity index (χ0v) is 11.4. The Morgan fingerprint density at radius 1 is 1.53 bits per heavy atom. The number of carbonyl (C=O) groups excluding carboxylic acids is 1. The Morgan fingerprint density at radius 3 is 3.05 bits per heavy atom. The molecule has 3 N–H and O–H groups in total. The molecule has 1 aromatic carbocycles. The molecule has 0 bridgehead atoms. The molecule has 0 aliphatic rings. The molecule has 1 amide bonds. The third-order valence-electron chi connectivity index (χ3n) is 2.45. The number of nitrogens with two attached hydrogens (primary N) is 1. The summed E-state index contributed by atoms with van der Waals surface area (Å²) >= 11 is 1.57. The van der Waals surface area contributed by atoms with Gasteiger partial charge >= 0.3 is 0 Å². The summed E-state index contributed by atoms with van der Waals surface area (Å²) in [7, 11) is 0. The van der Waals surface area contributed by atoms with Gasteiger partial charge in [-0.05, 0) is 30.7 Å². The molecule has 0 spiro atoms. The molecular formula is C14H15N3OS.